The number of nitrogens with zero attached hydrogens (tertiary/aromatic N) is 1. The van der Waals surface area contributed by atoms with E-state index in [0.717, 1.165) is 23.0 Å². The second-order valence-corrected chi connectivity index (χ2v) is 7.69. The Balaban J connectivity index is 1.68. The minimum Gasteiger partial charge on any atom is -0.349 e. The molecule has 0 spiro atoms. The van der Waals surface area contributed by atoms with Crippen molar-refractivity contribution in [1.82, 2.24) is 5.32 Å². The smallest absolute Gasteiger partial charge is 0.227 e. The maximum absolute atomic E-state index is 12.6. The topological polar surface area (TPSA) is 75.4 Å². The van der Waals surface area contributed by atoms with Gasteiger partial charge < -0.3 is 16.0 Å². The molecule has 3 N–H and O–H groups in total. The van der Waals surface area contributed by atoms with Crippen molar-refractivity contribution in [3.8, 4) is 0 Å². The lowest BCUT2D eigenvalue weighted by Gasteiger charge is -2.30. The molecule has 0 bridgehead atoms. The van der Waals surface area contributed by atoms with Crippen LogP contribution in [-0.4, -0.2) is 30.4 Å². The van der Waals surface area contributed by atoms with Crippen molar-refractivity contribution in [2.45, 2.75) is 31.7 Å². The Labute approximate surface area is 144 Å². The van der Waals surface area contributed by atoms with Crippen molar-refractivity contribution in [3.05, 3.63) is 28.7 Å². The summed E-state index contributed by atoms with van der Waals surface area (Å²) in [6.07, 6.45) is 2.48. The highest BCUT2D eigenvalue weighted by molar-refractivity contribution is 9.10. The van der Waals surface area contributed by atoms with Gasteiger partial charge >= 0.3 is 0 Å². The Kier molecular flexibility index (Phi) is 4.47. The van der Waals surface area contributed by atoms with Crippen LogP contribution >= 0.6 is 15.9 Å². The highest BCUT2D eigenvalue weighted by Crippen LogP contribution is 2.39. The van der Waals surface area contributed by atoms with Gasteiger partial charge in [-0.2, -0.15) is 0 Å². The third kappa shape index (κ3) is 3.43. The van der Waals surface area contributed by atoms with E-state index in [4.69, 9.17) is 5.73 Å². The number of rotatable bonds is 5. The number of halogens is 1. The summed E-state index contributed by atoms with van der Waals surface area (Å²) in [6, 6.07) is 7.58. The van der Waals surface area contributed by atoms with E-state index >= 15 is 0 Å². The average Bonchev–Trinajstić information content (AvgIpc) is 3.30. The molecule has 0 radical (unpaired) electrons. The van der Waals surface area contributed by atoms with E-state index in [9.17, 15) is 9.59 Å². The molecule has 2 atom stereocenters. The van der Waals surface area contributed by atoms with E-state index in [1.165, 1.54) is 0 Å². The summed E-state index contributed by atoms with van der Waals surface area (Å²) in [5, 5.41) is 3.10. The molecule has 2 amide bonds. The molecule has 1 aromatic rings. The molecule has 3 rings (SSSR count). The Morgan fingerprint density at radius 3 is 2.83 bits per heavy atom. The minimum absolute atomic E-state index is 0.0101. The first kappa shape index (κ1) is 16.5. The lowest BCUT2D eigenvalue weighted by Crippen LogP contribution is -2.54. The summed E-state index contributed by atoms with van der Waals surface area (Å²) >= 11 is 3.41. The predicted octanol–water partition coefficient (Wildman–Crippen LogP) is 2.05. The molecule has 2 fully saturated rings. The van der Waals surface area contributed by atoms with Crippen molar-refractivity contribution in [2.75, 3.05) is 18.0 Å². The van der Waals surface area contributed by atoms with E-state index in [-0.39, 0.29) is 29.7 Å². The maximum atomic E-state index is 12.6. The molecule has 2 aliphatic rings. The molecule has 124 valence electrons. The second-order valence-electron chi connectivity index (χ2n) is 6.77. The van der Waals surface area contributed by atoms with Gasteiger partial charge in [0.15, 0.2) is 0 Å². The van der Waals surface area contributed by atoms with Gasteiger partial charge in [-0.15, -0.1) is 0 Å². The van der Waals surface area contributed by atoms with Gasteiger partial charge in [-0.1, -0.05) is 22.0 Å². The maximum Gasteiger partial charge on any atom is 0.227 e. The summed E-state index contributed by atoms with van der Waals surface area (Å²) in [5.41, 5.74) is 6.34. The number of amides is 2. The van der Waals surface area contributed by atoms with Crippen LogP contribution in [0.15, 0.2) is 28.7 Å². The standard InChI is InChI=1S/C17H22BrN3O2/c1-17(10-19,12-5-6-12)20-16(23)11-7-15(22)21(9-11)14-4-2-3-13(18)8-14/h2-4,8,11-12H,5-7,9-10,19H2,1H3,(H,20,23). The zero-order valence-electron chi connectivity index (χ0n) is 13.2. The van der Waals surface area contributed by atoms with E-state index in [1.54, 1.807) is 4.90 Å². The van der Waals surface area contributed by atoms with Gasteiger partial charge in [-0.05, 0) is 43.9 Å². The molecular weight excluding hydrogens is 358 g/mol. The Hall–Kier alpha value is -1.40. The van der Waals surface area contributed by atoms with Gasteiger partial charge in [0, 0.05) is 29.7 Å². The molecule has 1 heterocycles. The summed E-state index contributed by atoms with van der Waals surface area (Å²) in [7, 11) is 0. The summed E-state index contributed by atoms with van der Waals surface area (Å²) < 4.78 is 0.917. The zero-order valence-corrected chi connectivity index (χ0v) is 14.8. The van der Waals surface area contributed by atoms with Crippen LogP contribution in [0.2, 0.25) is 0 Å². The van der Waals surface area contributed by atoms with Crippen LogP contribution in [0.4, 0.5) is 5.69 Å². The van der Waals surface area contributed by atoms with Crippen LogP contribution in [0.5, 0.6) is 0 Å². The Bertz CT molecular complexity index is 632. The van der Waals surface area contributed by atoms with Crippen LogP contribution in [0.1, 0.15) is 26.2 Å². The molecule has 0 aromatic heterocycles. The largest absolute Gasteiger partial charge is 0.349 e. The molecule has 2 unspecified atom stereocenters. The number of carbonyl (C=O) groups is 2. The molecule has 1 saturated carbocycles. The molecule has 1 aliphatic carbocycles. The van der Waals surface area contributed by atoms with E-state index in [0.29, 0.717) is 19.0 Å². The molecular formula is C17H22BrN3O2. The third-order valence-electron chi connectivity index (χ3n) is 4.93. The van der Waals surface area contributed by atoms with Crippen molar-refractivity contribution in [2.24, 2.45) is 17.6 Å². The highest BCUT2D eigenvalue weighted by Gasteiger charge is 2.44. The molecule has 1 saturated heterocycles. The highest BCUT2D eigenvalue weighted by atomic mass is 79.9. The van der Waals surface area contributed by atoms with Crippen LogP contribution in [0.25, 0.3) is 0 Å². The number of nitrogens with two attached hydrogens (primary N) is 1. The zero-order chi connectivity index (χ0) is 16.6. The van der Waals surface area contributed by atoms with E-state index in [2.05, 4.69) is 21.2 Å². The SMILES string of the molecule is CC(CN)(NC(=O)C1CC(=O)N(c2cccc(Br)c2)C1)C1CC1. The number of nitrogens with one attached hydrogen (secondary N) is 1. The number of hydrogen-bond acceptors (Lipinski definition) is 3. The second kappa shape index (κ2) is 6.24. The van der Waals surface area contributed by atoms with Gasteiger partial charge in [-0.25, -0.2) is 0 Å². The minimum atomic E-state index is -0.344. The molecule has 5 nitrogen and oxygen atoms in total. The van der Waals surface area contributed by atoms with Gasteiger partial charge in [0.05, 0.1) is 11.5 Å². The quantitative estimate of drug-likeness (QED) is 0.821. The predicted molar refractivity (Wildman–Crippen MR) is 92.9 cm³/mol. The van der Waals surface area contributed by atoms with Crippen LogP contribution < -0.4 is 16.0 Å². The first-order chi connectivity index (χ1) is 10.9. The Morgan fingerprint density at radius 1 is 1.48 bits per heavy atom. The normalized spacial score (nSPS) is 23.7. The van der Waals surface area contributed by atoms with Crippen molar-refractivity contribution in [3.63, 3.8) is 0 Å². The third-order valence-corrected chi connectivity index (χ3v) is 5.42. The lowest BCUT2D eigenvalue weighted by molar-refractivity contribution is -0.128. The van der Waals surface area contributed by atoms with Crippen LogP contribution in [-0.2, 0) is 9.59 Å². The summed E-state index contributed by atoms with van der Waals surface area (Å²) in [5.74, 6) is 0.0839. The number of anilines is 1. The van der Waals surface area contributed by atoms with Gasteiger partial charge in [-0.3, -0.25) is 9.59 Å². The van der Waals surface area contributed by atoms with Crippen molar-refractivity contribution >= 4 is 33.4 Å². The van der Waals surface area contributed by atoms with Gasteiger partial charge in [0.25, 0.3) is 0 Å². The Morgan fingerprint density at radius 2 is 2.22 bits per heavy atom. The molecule has 6 heteroatoms. The monoisotopic (exact) mass is 379 g/mol. The number of carbonyl (C=O) groups excluding carboxylic acids is 2. The average molecular weight is 380 g/mol. The van der Waals surface area contributed by atoms with E-state index in [1.807, 2.05) is 31.2 Å². The number of benzene rings is 1. The molecule has 23 heavy (non-hydrogen) atoms. The molecule has 1 aromatic carbocycles. The number of hydrogen-bond donors (Lipinski definition) is 2. The van der Waals surface area contributed by atoms with Gasteiger partial charge in [0.1, 0.15) is 0 Å². The molecule has 1 aliphatic heterocycles. The summed E-state index contributed by atoms with van der Waals surface area (Å²) in [4.78, 5) is 26.6. The first-order valence-electron chi connectivity index (χ1n) is 8.01. The first-order valence-corrected chi connectivity index (χ1v) is 8.80. The lowest BCUT2D eigenvalue weighted by atomic mass is 9.94. The fourth-order valence-electron chi connectivity index (χ4n) is 3.20. The fraction of sp³-hybridized carbons (Fsp3) is 0.529. The van der Waals surface area contributed by atoms with Crippen LogP contribution in [0, 0.1) is 11.8 Å². The van der Waals surface area contributed by atoms with Crippen molar-refractivity contribution < 1.29 is 9.59 Å². The van der Waals surface area contributed by atoms with Gasteiger partial charge in [0.2, 0.25) is 11.8 Å². The fourth-order valence-corrected chi connectivity index (χ4v) is 3.59. The van der Waals surface area contributed by atoms with E-state index < -0.39 is 0 Å². The summed E-state index contributed by atoms with van der Waals surface area (Å²) in [6.45, 7) is 2.86. The van der Waals surface area contributed by atoms with Crippen molar-refractivity contribution in [1.29, 1.82) is 0 Å². The van der Waals surface area contributed by atoms with Crippen LogP contribution in [0.3, 0.4) is 0 Å².